The molecule has 2 saturated carbocycles. The highest BCUT2D eigenvalue weighted by atomic mass is 31.0. The summed E-state index contributed by atoms with van der Waals surface area (Å²) < 4.78 is 5.77. The van der Waals surface area contributed by atoms with Gasteiger partial charge in [0, 0.05) is 10.9 Å². The van der Waals surface area contributed by atoms with E-state index >= 15 is 0 Å². The molecule has 0 saturated heterocycles. The Morgan fingerprint density at radius 3 is 2.11 bits per heavy atom. The minimum absolute atomic E-state index is 0.742. The van der Waals surface area contributed by atoms with Crippen LogP contribution < -0.4 is 10.0 Å². The van der Waals surface area contributed by atoms with E-state index in [0.29, 0.717) is 0 Å². The maximum atomic E-state index is 5.77. The molecule has 0 amide bonds. The maximum absolute atomic E-state index is 5.77. The van der Waals surface area contributed by atoms with Crippen LogP contribution >= 0.6 is 9.24 Å². The molecule has 1 aromatic rings. The summed E-state index contributed by atoms with van der Waals surface area (Å²) in [7, 11) is 4.68. The Morgan fingerprint density at radius 2 is 1.53 bits per heavy atom. The molecule has 19 heavy (non-hydrogen) atoms. The van der Waals surface area contributed by atoms with Gasteiger partial charge in [-0.25, -0.2) is 0 Å². The summed E-state index contributed by atoms with van der Waals surface area (Å²) in [4.78, 5) is 0. The van der Waals surface area contributed by atoms with Gasteiger partial charge in [0.1, 0.15) is 5.75 Å². The fourth-order valence-electron chi connectivity index (χ4n) is 4.09. The first-order chi connectivity index (χ1) is 9.31. The molecule has 0 heterocycles. The zero-order valence-corrected chi connectivity index (χ0v) is 13.1. The van der Waals surface area contributed by atoms with E-state index in [1.807, 2.05) is 7.11 Å². The zero-order valence-electron chi connectivity index (χ0n) is 12.0. The topological polar surface area (TPSA) is 9.23 Å². The van der Waals surface area contributed by atoms with Crippen molar-refractivity contribution in [2.75, 3.05) is 7.11 Å². The first-order valence-electron chi connectivity index (χ1n) is 7.77. The summed E-state index contributed by atoms with van der Waals surface area (Å²) in [6.07, 6.45) is 11.0. The smallest absolute Gasteiger partial charge is 0.129 e. The van der Waals surface area contributed by atoms with E-state index in [1.54, 1.807) is 11.1 Å². The lowest BCUT2D eigenvalue weighted by atomic mass is 9.85. The summed E-state index contributed by atoms with van der Waals surface area (Å²) >= 11 is 0. The normalized spacial score (nSPS) is 21.2. The third-order valence-corrected chi connectivity index (χ3v) is 5.48. The van der Waals surface area contributed by atoms with Gasteiger partial charge in [-0.3, -0.25) is 0 Å². The van der Waals surface area contributed by atoms with Gasteiger partial charge in [0.25, 0.3) is 0 Å². The molecular weight excluding hydrogens is 251 g/mol. The van der Waals surface area contributed by atoms with E-state index in [4.69, 9.17) is 4.74 Å². The number of ether oxygens (including phenoxy) is 1. The molecule has 2 fully saturated rings. The van der Waals surface area contributed by atoms with Crippen molar-refractivity contribution in [3.63, 3.8) is 0 Å². The lowest BCUT2D eigenvalue weighted by molar-refractivity contribution is 0.407. The van der Waals surface area contributed by atoms with E-state index in [-0.39, 0.29) is 0 Å². The van der Waals surface area contributed by atoms with Gasteiger partial charge in [-0.05, 0) is 43.1 Å². The average molecular weight is 276 g/mol. The van der Waals surface area contributed by atoms with Crippen molar-refractivity contribution in [3.05, 3.63) is 23.3 Å². The quantitative estimate of drug-likeness (QED) is 0.738. The molecule has 0 spiro atoms. The predicted octanol–water partition coefficient (Wildman–Crippen LogP) is 4.51. The van der Waals surface area contributed by atoms with Gasteiger partial charge >= 0.3 is 0 Å². The summed E-state index contributed by atoms with van der Waals surface area (Å²) in [5.74, 6) is 2.68. The van der Waals surface area contributed by atoms with Gasteiger partial charge in [-0.15, -0.1) is 9.24 Å². The van der Waals surface area contributed by atoms with Crippen molar-refractivity contribution in [3.8, 4) is 5.75 Å². The van der Waals surface area contributed by atoms with E-state index in [2.05, 4.69) is 21.4 Å². The Balaban J connectivity index is 2.06. The third kappa shape index (κ3) is 2.55. The van der Waals surface area contributed by atoms with Gasteiger partial charge in [-0.2, -0.15) is 0 Å². The molecule has 2 aliphatic carbocycles. The molecule has 0 N–H and O–H groups in total. The highest BCUT2D eigenvalue weighted by Crippen LogP contribution is 2.45. The second-order valence-electron chi connectivity index (χ2n) is 6.15. The minimum Gasteiger partial charge on any atom is -0.496 e. The largest absolute Gasteiger partial charge is 0.496 e. The second kappa shape index (κ2) is 5.83. The maximum Gasteiger partial charge on any atom is 0.129 e. The summed E-state index contributed by atoms with van der Waals surface area (Å²) in [6.45, 7) is 0. The van der Waals surface area contributed by atoms with Gasteiger partial charge in [0.15, 0.2) is 0 Å². The Labute approximate surface area is 119 Å². The van der Waals surface area contributed by atoms with Crippen LogP contribution in [-0.2, 0) is 0 Å². The van der Waals surface area contributed by atoms with Crippen LogP contribution in [0, 0.1) is 0 Å². The van der Waals surface area contributed by atoms with Crippen LogP contribution in [0.2, 0.25) is 0 Å². The molecule has 104 valence electrons. The molecule has 0 bridgehead atoms. The number of methoxy groups -OCH3 is 1. The molecule has 1 unspecified atom stereocenters. The summed E-state index contributed by atoms with van der Waals surface area (Å²) in [6, 6.07) is 4.62. The van der Waals surface area contributed by atoms with Crippen molar-refractivity contribution in [2.24, 2.45) is 0 Å². The molecular formula is C17H25OP. The molecule has 2 aliphatic rings. The van der Waals surface area contributed by atoms with Crippen molar-refractivity contribution in [2.45, 2.75) is 63.2 Å². The Bertz CT molecular complexity index is 443. The minimum atomic E-state index is 0.742. The lowest BCUT2D eigenvalue weighted by Crippen LogP contribution is -2.11. The molecule has 2 heteroatoms. The van der Waals surface area contributed by atoms with Gasteiger partial charge in [-0.1, -0.05) is 37.8 Å². The molecule has 1 atom stereocenters. The van der Waals surface area contributed by atoms with E-state index in [9.17, 15) is 0 Å². The molecule has 0 aromatic heterocycles. The highest BCUT2D eigenvalue weighted by molar-refractivity contribution is 7.27. The molecule has 3 rings (SSSR count). The third-order valence-electron chi connectivity index (χ3n) is 5.02. The van der Waals surface area contributed by atoms with E-state index in [1.165, 1.54) is 56.7 Å². The monoisotopic (exact) mass is 276 g/mol. The zero-order chi connectivity index (χ0) is 13.2. The van der Waals surface area contributed by atoms with Crippen molar-refractivity contribution in [1.82, 2.24) is 0 Å². The predicted molar refractivity (Wildman–Crippen MR) is 84.8 cm³/mol. The summed E-state index contributed by atoms with van der Waals surface area (Å²) in [5, 5.41) is 1.23. The Hall–Kier alpha value is -0.550. The lowest BCUT2D eigenvalue weighted by Gasteiger charge is -2.24. The van der Waals surface area contributed by atoms with Crippen LogP contribution in [0.1, 0.15) is 74.3 Å². The fourth-order valence-corrected chi connectivity index (χ4v) is 4.46. The Morgan fingerprint density at radius 1 is 0.947 bits per heavy atom. The summed E-state index contributed by atoms with van der Waals surface area (Å²) in [5.41, 5.74) is 3.16. The molecule has 0 aliphatic heterocycles. The van der Waals surface area contributed by atoms with E-state index in [0.717, 1.165) is 17.6 Å². The van der Waals surface area contributed by atoms with E-state index < -0.39 is 0 Å². The fraction of sp³-hybridized carbons (Fsp3) is 0.647. The van der Waals surface area contributed by atoms with Crippen LogP contribution in [0.5, 0.6) is 5.75 Å². The van der Waals surface area contributed by atoms with Crippen molar-refractivity contribution >= 4 is 14.5 Å². The van der Waals surface area contributed by atoms with Gasteiger partial charge in [0.05, 0.1) is 7.11 Å². The highest BCUT2D eigenvalue weighted by Gasteiger charge is 2.28. The Kier molecular flexibility index (Phi) is 4.12. The molecule has 1 aromatic carbocycles. The molecule has 1 nitrogen and oxygen atoms in total. The van der Waals surface area contributed by atoms with Gasteiger partial charge in [0.2, 0.25) is 0 Å². The first-order valence-corrected chi connectivity index (χ1v) is 8.35. The standard InChI is InChI=1S/C17H25OP/c1-18-17-15(19)11-10-14(12-6-2-3-7-12)16(17)13-8-4-5-9-13/h10-13H,2-9,19H2,1H3. The first kappa shape index (κ1) is 13.4. The van der Waals surface area contributed by atoms with Crippen LogP contribution in [0.4, 0.5) is 0 Å². The van der Waals surface area contributed by atoms with Crippen molar-refractivity contribution < 1.29 is 4.74 Å². The second-order valence-corrected chi connectivity index (χ2v) is 6.78. The number of hydrogen-bond acceptors (Lipinski definition) is 1. The van der Waals surface area contributed by atoms with Crippen molar-refractivity contribution in [1.29, 1.82) is 0 Å². The number of rotatable bonds is 3. The van der Waals surface area contributed by atoms with Crippen LogP contribution in [0.25, 0.3) is 0 Å². The van der Waals surface area contributed by atoms with Crippen LogP contribution in [0.3, 0.4) is 0 Å². The SMILES string of the molecule is COc1c(P)ccc(C2CCCC2)c1C1CCCC1. The number of benzene rings is 1. The van der Waals surface area contributed by atoms with Gasteiger partial charge < -0.3 is 4.74 Å². The van der Waals surface area contributed by atoms with Crippen LogP contribution in [0.15, 0.2) is 12.1 Å². The average Bonchev–Trinajstić information content (AvgIpc) is 3.11. The number of hydrogen-bond donors (Lipinski definition) is 0. The molecule has 0 radical (unpaired) electrons. The van der Waals surface area contributed by atoms with Crippen LogP contribution in [-0.4, -0.2) is 7.11 Å².